The standard InChI is InChI=1S/C19H22BrN5O/c1-14-6-7-15-16(11-14)24-13-25(20)22-19(24,17-5-2-3-8-21-17)12-23-9-4-10-26-18(15)23/h2-3,5-8,11,18,22H,4,9-10,12-13H2,1H3. The quantitative estimate of drug-likeness (QED) is 0.722. The maximum Gasteiger partial charge on any atom is 0.162 e. The molecule has 7 heteroatoms. The summed E-state index contributed by atoms with van der Waals surface area (Å²) in [5, 5.41) is 0. The van der Waals surface area contributed by atoms with Crippen LogP contribution < -0.4 is 10.3 Å². The number of hydrogen-bond donors (Lipinski definition) is 1. The van der Waals surface area contributed by atoms with E-state index >= 15 is 0 Å². The lowest BCUT2D eigenvalue weighted by Gasteiger charge is -2.40. The Morgan fingerprint density at radius 3 is 3.08 bits per heavy atom. The maximum atomic E-state index is 6.23. The molecule has 3 aliphatic rings. The van der Waals surface area contributed by atoms with E-state index in [1.165, 1.54) is 16.8 Å². The van der Waals surface area contributed by atoms with Crippen LogP contribution in [-0.2, 0) is 10.4 Å². The van der Waals surface area contributed by atoms with Crippen molar-refractivity contribution in [1.29, 1.82) is 0 Å². The largest absolute Gasteiger partial charge is 0.359 e. The van der Waals surface area contributed by atoms with Crippen LogP contribution in [0.15, 0.2) is 42.6 Å². The highest BCUT2D eigenvalue weighted by molar-refractivity contribution is 9.07. The van der Waals surface area contributed by atoms with Crippen LogP contribution in [0.1, 0.15) is 29.5 Å². The molecule has 2 fully saturated rings. The van der Waals surface area contributed by atoms with Crippen LogP contribution >= 0.6 is 16.1 Å². The van der Waals surface area contributed by atoms with Gasteiger partial charge < -0.3 is 9.64 Å². The average Bonchev–Trinajstić information content (AvgIpc) is 2.95. The molecule has 26 heavy (non-hydrogen) atoms. The molecule has 136 valence electrons. The molecule has 0 amide bonds. The topological polar surface area (TPSA) is 43.9 Å². The fourth-order valence-electron chi connectivity index (χ4n) is 4.35. The first-order valence-corrected chi connectivity index (χ1v) is 9.75. The number of ether oxygens (including phenoxy) is 1. The normalized spacial score (nSPS) is 29.0. The summed E-state index contributed by atoms with van der Waals surface area (Å²) in [4.78, 5) is 9.57. The third-order valence-electron chi connectivity index (χ3n) is 5.49. The fraction of sp³-hybridized carbons (Fsp3) is 0.421. The Balaban J connectivity index is 1.74. The molecule has 2 atom stereocenters. The summed E-state index contributed by atoms with van der Waals surface area (Å²) < 4.78 is 8.20. The lowest BCUT2D eigenvalue weighted by molar-refractivity contribution is -0.105. The summed E-state index contributed by atoms with van der Waals surface area (Å²) in [6, 6.07) is 12.8. The van der Waals surface area contributed by atoms with Gasteiger partial charge in [-0.15, -0.1) is 0 Å². The minimum absolute atomic E-state index is 0.00360. The van der Waals surface area contributed by atoms with E-state index in [4.69, 9.17) is 9.72 Å². The number of aryl methyl sites for hydroxylation is 1. The second kappa shape index (κ2) is 6.28. The van der Waals surface area contributed by atoms with Gasteiger partial charge in [0.2, 0.25) is 0 Å². The molecule has 4 heterocycles. The van der Waals surface area contributed by atoms with E-state index in [0.717, 1.165) is 31.8 Å². The fourth-order valence-corrected chi connectivity index (χ4v) is 4.87. The van der Waals surface area contributed by atoms with Crippen molar-refractivity contribution in [3.63, 3.8) is 0 Å². The van der Waals surface area contributed by atoms with E-state index in [1.807, 2.05) is 16.3 Å². The number of hydrazine groups is 1. The van der Waals surface area contributed by atoms with Crippen molar-refractivity contribution in [2.45, 2.75) is 25.2 Å². The summed E-state index contributed by atoms with van der Waals surface area (Å²) in [6.07, 6.45) is 2.91. The second-order valence-electron chi connectivity index (χ2n) is 7.23. The Hall–Kier alpha value is -1.51. The highest BCUT2D eigenvalue weighted by Gasteiger charge is 2.52. The van der Waals surface area contributed by atoms with Gasteiger partial charge in [-0.3, -0.25) is 9.88 Å². The van der Waals surface area contributed by atoms with Crippen molar-refractivity contribution in [2.24, 2.45) is 0 Å². The van der Waals surface area contributed by atoms with Crippen LogP contribution in [-0.4, -0.2) is 40.3 Å². The molecule has 2 saturated heterocycles. The molecule has 0 bridgehead atoms. The van der Waals surface area contributed by atoms with Crippen LogP contribution in [0.2, 0.25) is 0 Å². The lowest BCUT2D eigenvalue weighted by atomic mass is 10.0. The molecule has 2 aromatic rings. The van der Waals surface area contributed by atoms with E-state index in [1.54, 1.807) is 0 Å². The molecule has 1 aromatic heterocycles. The Bertz CT molecular complexity index is 819. The van der Waals surface area contributed by atoms with Crippen molar-refractivity contribution >= 4 is 21.8 Å². The molecule has 1 N–H and O–H groups in total. The summed E-state index contributed by atoms with van der Waals surface area (Å²) in [5.74, 6) is 0. The predicted molar refractivity (Wildman–Crippen MR) is 103 cm³/mol. The highest BCUT2D eigenvalue weighted by atomic mass is 79.9. The number of nitrogens with one attached hydrogen (secondary N) is 1. The van der Waals surface area contributed by atoms with Crippen molar-refractivity contribution in [3.05, 3.63) is 59.4 Å². The maximum absolute atomic E-state index is 6.23. The Kier molecular flexibility index (Phi) is 4.02. The van der Waals surface area contributed by atoms with Gasteiger partial charge in [-0.25, -0.2) is 5.43 Å². The van der Waals surface area contributed by atoms with Crippen LogP contribution in [0.5, 0.6) is 0 Å². The lowest BCUT2D eigenvalue weighted by Crippen LogP contribution is -2.57. The second-order valence-corrected chi connectivity index (χ2v) is 8.08. The first kappa shape index (κ1) is 16.6. The molecule has 0 aliphatic carbocycles. The number of pyridine rings is 1. The molecule has 2 unspecified atom stereocenters. The van der Waals surface area contributed by atoms with Crippen molar-refractivity contribution < 1.29 is 4.74 Å². The number of hydrogen-bond acceptors (Lipinski definition) is 6. The number of halogens is 1. The van der Waals surface area contributed by atoms with E-state index in [-0.39, 0.29) is 6.23 Å². The zero-order valence-electron chi connectivity index (χ0n) is 14.7. The van der Waals surface area contributed by atoms with Gasteiger partial charge >= 0.3 is 0 Å². The Morgan fingerprint density at radius 2 is 2.23 bits per heavy atom. The monoisotopic (exact) mass is 415 g/mol. The summed E-state index contributed by atoms with van der Waals surface area (Å²) in [7, 11) is 0. The number of benzene rings is 1. The van der Waals surface area contributed by atoms with E-state index in [9.17, 15) is 0 Å². The van der Waals surface area contributed by atoms with E-state index in [2.05, 4.69) is 68.6 Å². The van der Waals surface area contributed by atoms with E-state index < -0.39 is 5.66 Å². The third-order valence-corrected chi connectivity index (χ3v) is 5.89. The minimum atomic E-state index is -0.442. The number of rotatable bonds is 1. The van der Waals surface area contributed by atoms with Crippen LogP contribution in [0.3, 0.4) is 0 Å². The van der Waals surface area contributed by atoms with Gasteiger partial charge in [-0.05, 0) is 37.1 Å². The summed E-state index contributed by atoms with van der Waals surface area (Å²) in [6.45, 7) is 5.48. The van der Waals surface area contributed by atoms with Crippen molar-refractivity contribution in [3.8, 4) is 0 Å². The summed E-state index contributed by atoms with van der Waals surface area (Å²) >= 11 is 3.65. The smallest absolute Gasteiger partial charge is 0.162 e. The molecule has 0 radical (unpaired) electrons. The molecule has 1 aromatic carbocycles. The Morgan fingerprint density at radius 1 is 1.31 bits per heavy atom. The first-order valence-electron chi connectivity index (χ1n) is 9.04. The predicted octanol–water partition coefficient (Wildman–Crippen LogP) is 2.87. The van der Waals surface area contributed by atoms with Crippen LogP contribution in [0.4, 0.5) is 5.69 Å². The van der Waals surface area contributed by atoms with E-state index in [0.29, 0.717) is 6.67 Å². The van der Waals surface area contributed by atoms with Crippen LogP contribution in [0.25, 0.3) is 0 Å². The molecule has 6 nitrogen and oxygen atoms in total. The minimum Gasteiger partial charge on any atom is -0.359 e. The summed E-state index contributed by atoms with van der Waals surface area (Å²) in [5.41, 5.74) is 7.90. The highest BCUT2D eigenvalue weighted by Crippen LogP contribution is 2.46. The van der Waals surface area contributed by atoms with Gasteiger partial charge in [0.15, 0.2) is 5.66 Å². The van der Waals surface area contributed by atoms with Crippen LogP contribution in [0, 0.1) is 6.92 Å². The molecule has 0 spiro atoms. The molecular weight excluding hydrogens is 394 g/mol. The Labute approximate surface area is 162 Å². The van der Waals surface area contributed by atoms with Crippen molar-refractivity contribution in [1.82, 2.24) is 19.3 Å². The zero-order valence-corrected chi connectivity index (χ0v) is 16.3. The molecule has 5 rings (SSSR count). The number of anilines is 1. The molecule has 3 aliphatic heterocycles. The third kappa shape index (κ3) is 2.50. The van der Waals surface area contributed by atoms with Gasteiger partial charge in [-0.1, -0.05) is 18.2 Å². The SMILES string of the molecule is Cc1ccc2c(c1)N1CN(Br)NC1(c1ccccn1)CN1CCCOC21. The zero-order chi connectivity index (χ0) is 17.7. The van der Waals surface area contributed by atoms with Gasteiger partial charge in [0.25, 0.3) is 0 Å². The van der Waals surface area contributed by atoms with Crippen molar-refractivity contribution in [2.75, 3.05) is 31.3 Å². The van der Waals surface area contributed by atoms with Gasteiger partial charge in [0.1, 0.15) is 6.23 Å². The van der Waals surface area contributed by atoms with Gasteiger partial charge in [-0.2, -0.15) is 4.03 Å². The molecule has 0 saturated carbocycles. The van der Waals surface area contributed by atoms with Gasteiger partial charge in [0, 0.05) is 46.7 Å². The number of nitrogens with zero attached hydrogens (tertiary/aromatic N) is 4. The number of aromatic nitrogens is 1. The van der Waals surface area contributed by atoms with Gasteiger partial charge in [0.05, 0.1) is 19.0 Å². The number of fused-ring (bicyclic) bond motifs is 5. The first-order chi connectivity index (χ1) is 12.7. The average molecular weight is 416 g/mol. The molecular formula is C19H22BrN5O.